The van der Waals surface area contributed by atoms with Crippen molar-refractivity contribution in [3.05, 3.63) is 29.3 Å². The van der Waals surface area contributed by atoms with Crippen molar-refractivity contribution in [2.75, 3.05) is 5.32 Å². The van der Waals surface area contributed by atoms with Gasteiger partial charge in [-0.25, -0.2) is 9.59 Å². The summed E-state index contributed by atoms with van der Waals surface area (Å²) in [6.45, 7) is 0. The topological polar surface area (TPSA) is 122 Å². The fourth-order valence-corrected chi connectivity index (χ4v) is 1.46. The van der Waals surface area contributed by atoms with Crippen molar-refractivity contribution in [3.8, 4) is 0 Å². The van der Waals surface area contributed by atoms with E-state index in [-0.39, 0.29) is 0 Å². The van der Waals surface area contributed by atoms with Gasteiger partial charge >= 0.3 is 12.0 Å². The summed E-state index contributed by atoms with van der Waals surface area (Å²) in [5.74, 6) is -2.18. The van der Waals surface area contributed by atoms with Crippen molar-refractivity contribution < 1.29 is 19.5 Å². The van der Waals surface area contributed by atoms with Crippen LogP contribution in [0.1, 0.15) is 6.42 Å². The first-order valence-electron chi connectivity index (χ1n) is 5.23. The molecule has 0 radical (unpaired) electrons. The molecule has 102 valence electrons. The van der Waals surface area contributed by atoms with Crippen LogP contribution in [0.4, 0.5) is 10.5 Å². The van der Waals surface area contributed by atoms with E-state index in [0.29, 0.717) is 10.7 Å². The second-order valence-corrected chi connectivity index (χ2v) is 4.05. The third kappa shape index (κ3) is 4.84. The number of benzene rings is 1. The lowest BCUT2D eigenvalue weighted by Crippen LogP contribution is -2.45. The SMILES string of the molecule is NC(=O)C[C@H](NC(=O)Nc1ccccc1Cl)C(=O)O. The number of carboxylic acid groups (broad SMARTS) is 1. The molecular formula is C11H12ClN3O4. The van der Waals surface area contributed by atoms with Crippen LogP contribution >= 0.6 is 11.6 Å². The Morgan fingerprint density at radius 2 is 1.95 bits per heavy atom. The van der Waals surface area contributed by atoms with Gasteiger partial charge in [0, 0.05) is 0 Å². The molecule has 19 heavy (non-hydrogen) atoms. The molecule has 0 aliphatic rings. The molecule has 1 aromatic carbocycles. The number of aliphatic carboxylic acids is 1. The molecule has 0 unspecified atom stereocenters. The number of halogens is 1. The van der Waals surface area contributed by atoms with E-state index < -0.39 is 30.4 Å². The summed E-state index contributed by atoms with van der Waals surface area (Å²) in [4.78, 5) is 33.1. The van der Waals surface area contributed by atoms with Crippen molar-refractivity contribution in [1.29, 1.82) is 0 Å². The number of anilines is 1. The summed E-state index contributed by atoms with van der Waals surface area (Å²) in [5.41, 5.74) is 5.21. The maximum Gasteiger partial charge on any atom is 0.326 e. The lowest BCUT2D eigenvalue weighted by molar-refractivity contribution is -0.140. The monoisotopic (exact) mass is 285 g/mol. The van der Waals surface area contributed by atoms with Crippen LogP contribution in [0.25, 0.3) is 0 Å². The average Bonchev–Trinajstić information content (AvgIpc) is 2.30. The molecule has 1 atom stereocenters. The Morgan fingerprint density at radius 3 is 2.47 bits per heavy atom. The van der Waals surface area contributed by atoms with Crippen molar-refractivity contribution >= 4 is 35.2 Å². The van der Waals surface area contributed by atoms with E-state index in [1.165, 1.54) is 0 Å². The molecule has 0 aliphatic heterocycles. The van der Waals surface area contributed by atoms with Crippen LogP contribution in [0.15, 0.2) is 24.3 Å². The van der Waals surface area contributed by atoms with Gasteiger partial charge in [-0.1, -0.05) is 23.7 Å². The first-order valence-corrected chi connectivity index (χ1v) is 5.61. The highest BCUT2D eigenvalue weighted by Gasteiger charge is 2.22. The van der Waals surface area contributed by atoms with Gasteiger partial charge in [0.05, 0.1) is 17.1 Å². The highest BCUT2D eigenvalue weighted by atomic mass is 35.5. The van der Waals surface area contributed by atoms with Crippen molar-refractivity contribution in [1.82, 2.24) is 5.32 Å². The van der Waals surface area contributed by atoms with Gasteiger partial charge in [-0.2, -0.15) is 0 Å². The van der Waals surface area contributed by atoms with E-state index in [0.717, 1.165) is 0 Å². The largest absolute Gasteiger partial charge is 0.480 e. The number of carbonyl (C=O) groups is 3. The second-order valence-electron chi connectivity index (χ2n) is 3.64. The van der Waals surface area contributed by atoms with Gasteiger partial charge in [-0.3, -0.25) is 4.79 Å². The van der Waals surface area contributed by atoms with Gasteiger partial charge in [0.25, 0.3) is 0 Å². The van der Waals surface area contributed by atoms with Crippen molar-refractivity contribution in [3.63, 3.8) is 0 Å². The Balaban J connectivity index is 2.65. The highest BCUT2D eigenvalue weighted by Crippen LogP contribution is 2.20. The van der Waals surface area contributed by atoms with E-state index in [1.807, 2.05) is 0 Å². The molecule has 0 fully saturated rings. The van der Waals surface area contributed by atoms with Crippen molar-refractivity contribution in [2.45, 2.75) is 12.5 Å². The summed E-state index contributed by atoms with van der Waals surface area (Å²) >= 11 is 5.82. The van der Waals surface area contributed by atoms with Crippen LogP contribution < -0.4 is 16.4 Å². The van der Waals surface area contributed by atoms with Gasteiger partial charge in [0.2, 0.25) is 5.91 Å². The van der Waals surface area contributed by atoms with E-state index in [1.54, 1.807) is 24.3 Å². The summed E-state index contributed by atoms with van der Waals surface area (Å²) in [6.07, 6.45) is -0.495. The Morgan fingerprint density at radius 1 is 1.32 bits per heavy atom. The number of rotatable bonds is 5. The third-order valence-electron chi connectivity index (χ3n) is 2.13. The molecule has 1 rings (SSSR count). The number of nitrogens with two attached hydrogens (primary N) is 1. The van der Waals surface area contributed by atoms with Crippen LogP contribution in [0.5, 0.6) is 0 Å². The van der Waals surface area contributed by atoms with Gasteiger partial charge in [0.1, 0.15) is 6.04 Å². The average molecular weight is 286 g/mol. The smallest absolute Gasteiger partial charge is 0.326 e. The molecule has 0 aliphatic carbocycles. The second kappa shape index (κ2) is 6.60. The summed E-state index contributed by atoms with van der Waals surface area (Å²) in [5, 5.41) is 13.6. The maximum absolute atomic E-state index is 11.6. The zero-order valence-corrected chi connectivity index (χ0v) is 10.5. The molecule has 0 saturated carbocycles. The molecule has 0 saturated heterocycles. The predicted octanol–water partition coefficient (Wildman–Crippen LogP) is 0.790. The zero-order chi connectivity index (χ0) is 14.4. The van der Waals surface area contributed by atoms with Gasteiger partial charge in [-0.05, 0) is 12.1 Å². The van der Waals surface area contributed by atoms with Gasteiger partial charge < -0.3 is 21.5 Å². The fourth-order valence-electron chi connectivity index (χ4n) is 1.28. The lowest BCUT2D eigenvalue weighted by Gasteiger charge is -2.14. The molecule has 0 spiro atoms. The van der Waals surface area contributed by atoms with Crippen LogP contribution in [-0.2, 0) is 9.59 Å². The normalized spacial score (nSPS) is 11.4. The molecule has 0 heterocycles. The lowest BCUT2D eigenvalue weighted by atomic mass is 10.2. The first-order chi connectivity index (χ1) is 8.90. The number of nitrogens with one attached hydrogen (secondary N) is 2. The highest BCUT2D eigenvalue weighted by molar-refractivity contribution is 6.33. The van der Waals surface area contributed by atoms with Crippen LogP contribution in [-0.4, -0.2) is 29.1 Å². The standard InChI is InChI=1S/C11H12ClN3O4/c12-6-3-1-2-4-7(6)14-11(19)15-8(10(17)18)5-9(13)16/h1-4,8H,5H2,(H2,13,16)(H,17,18)(H2,14,15,19)/t8-/m0/s1. The zero-order valence-electron chi connectivity index (χ0n) is 9.72. The van der Waals surface area contributed by atoms with E-state index in [2.05, 4.69) is 10.6 Å². The predicted molar refractivity (Wildman–Crippen MR) is 68.8 cm³/mol. The minimum atomic E-state index is -1.39. The number of carboxylic acids is 1. The molecular weight excluding hydrogens is 274 g/mol. The molecule has 5 N–H and O–H groups in total. The van der Waals surface area contributed by atoms with Crippen molar-refractivity contribution in [2.24, 2.45) is 5.73 Å². The number of hydrogen-bond donors (Lipinski definition) is 4. The molecule has 0 aromatic heterocycles. The Bertz CT molecular complexity index is 506. The van der Waals surface area contributed by atoms with Crippen LogP contribution in [0.2, 0.25) is 5.02 Å². The summed E-state index contributed by atoms with van der Waals surface area (Å²) in [6, 6.07) is 4.26. The molecule has 3 amide bonds. The minimum Gasteiger partial charge on any atom is -0.480 e. The van der Waals surface area contributed by atoms with E-state index in [9.17, 15) is 14.4 Å². The van der Waals surface area contributed by atoms with E-state index >= 15 is 0 Å². The number of urea groups is 1. The maximum atomic E-state index is 11.6. The number of amides is 3. The Kier molecular flexibility index (Phi) is 5.13. The fraction of sp³-hybridized carbons (Fsp3) is 0.182. The quantitative estimate of drug-likeness (QED) is 0.639. The summed E-state index contributed by atoms with van der Waals surface area (Å²) < 4.78 is 0. The first kappa shape index (κ1) is 14.8. The van der Waals surface area contributed by atoms with E-state index in [4.69, 9.17) is 22.4 Å². The van der Waals surface area contributed by atoms with Crippen LogP contribution in [0.3, 0.4) is 0 Å². The molecule has 7 nitrogen and oxygen atoms in total. The van der Waals surface area contributed by atoms with Gasteiger partial charge in [0.15, 0.2) is 0 Å². The summed E-state index contributed by atoms with van der Waals surface area (Å²) in [7, 11) is 0. The Hall–Kier alpha value is -2.28. The number of primary amides is 1. The minimum absolute atomic E-state index is 0.305. The number of carbonyl (C=O) groups excluding carboxylic acids is 2. The third-order valence-corrected chi connectivity index (χ3v) is 2.46. The van der Waals surface area contributed by atoms with Gasteiger partial charge in [-0.15, -0.1) is 0 Å². The number of hydrogen-bond acceptors (Lipinski definition) is 3. The molecule has 1 aromatic rings. The van der Waals surface area contributed by atoms with Crippen LogP contribution in [0, 0.1) is 0 Å². The Labute approximate surface area is 113 Å². The molecule has 8 heteroatoms. The number of para-hydroxylation sites is 1. The molecule has 0 bridgehead atoms.